The number of nitrogens with zero attached hydrogens (tertiary/aromatic N) is 1. The minimum Gasteiger partial charge on any atom is -0.449 e. The summed E-state index contributed by atoms with van der Waals surface area (Å²) in [6.45, 7) is 1.42. The van der Waals surface area contributed by atoms with Crippen molar-refractivity contribution in [3.63, 3.8) is 0 Å². The highest BCUT2D eigenvalue weighted by molar-refractivity contribution is 6.30. The molecule has 114 valence electrons. The second-order valence-electron chi connectivity index (χ2n) is 4.41. The summed E-state index contributed by atoms with van der Waals surface area (Å²) in [4.78, 5) is 27.6. The van der Waals surface area contributed by atoms with Crippen molar-refractivity contribution in [2.45, 2.75) is 13.0 Å². The Hall–Kier alpha value is -2.47. The number of ether oxygens (including phenoxy) is 1. The van der Waals surface area contributed by atoms with Crippen molar-refractivity contribution >= 4 is 29.3 Å². The number of aromatic nitrogens is 1. The van der Waals surface area contributed by atoms with E-state index in [1.165, 1.54) is 31.3 Å². The predicted octanol–water partition coefficient (Wildman–Crippen LogP) is 3.06. The molecule has 1 aromatic heterocycles. The lowest BCUT2D eigenvalue weighted by atomic mass is 10.2. The standard InChI is InChI=1S/C15H12ClFN2O3/c1-9(14(20)19-13-7-4-11(16)8-18-13)22-15(21)10-2-5-12(17)6-3-10/h2-9H,1H3,(H,18,19,20)/t9-/m1/s1. The number of pyridine rings is 1. The Balaban J connectivity index is 1.94. The third kappa shape index (κ3) is 4.26. The molecule has 0 radical (unpaired) electrons. The lowest BCUT2D eigenvalue weighted by molar-refractivity contribution is -0.123. The number of halogens is 2. The van der Waals surface area contributed by atoms with E-state index >= 15 is 0 Å². The third-order valence-corrected chi connectivity index (χ3v) is 2.94. The Morgan fingerprint density at radius 1 is 1.23 bits per heavy atom. The maximum Gasteiger partial charge on any atom is 0.338 e. The summed E-state index contributed by atoms with van der Waals surface area (Å²) in [6, 6.07) is 7.93. The molecule has 0 aliphatic carbocycles. The highest BCUT2D eigenvalue weighted by atomic mass is 35.5. The number of hydrogen-bond acceptors (Lipinski definition) is 4. The predicted molar refractivity (Wildman–Crippen MR) is 79.2 cm³/mol. The number of anilines is 1. The van der Waals surface area contributed by atoms with Gasteiger partial charge in [0, 0.05) is 6.20 Å². The number of benzene rings is 1. The normalized spacial score (nSPS) is 11.6. The van der Waals surface area contributed by atoms with E-state index in [0.29, 0.717) is 10.8 Å². The van der Waals surface area contributed by atoms with Crippen LogP contribution in [0.4, 0.5) is 10.2 Å². The zero-order valence-corrected chi connectivity index (χ0v) is 12.3. The Bertz CT molecular complexity index is 674. The van der Waals surface area contributed by atoms with E-state index in [4.69, 9.17) is 16.3 Å². The summed E-state index contributed by atoms with van der Waals surface area (Å²) < 4.78 is 17.8. The summed E-state index contributed by atoms with van der Waals surface area (Å²) in [5.41, 5.74) is 0.158. The first-order chi connectivity index (χ1) is 10.5. The van der Waals surface area contributed by atoms with E-state index in [1.807, 2.05) is 0 Å². The van der Waals surface area contributed by atoms with Crippen LogP contribution < -0.4 is 5.32 Å². The third-order valence-electron chi connectivity index (χ3n) is 2.71. The Kier molecular flexibility index (Phi) is 5.06. The SMILES string of the molecule is C[C@@H](OC(=O)c1ccc(F)cc1)C(=O)Nc1ccc(Cl)cn1. The first-order valence-electron chi connectivity index (χ1n) is 6.34. The number of hydrogen-bond donors (Lipinski definition) is 1. The van der Waals surface area contributed by atoms with E-state index in [0.717, 1.165) is 12.1 Å². The lowest BCUT2D eigenvalue weighted by Gasteiger charge is -2.13. The van der Waals surface area contributed by atoms with Crippen molar-refractivity contribution < 1.29 is 18.7 Å². The van der Waals surface area contributed by atoms with Crippen LogP contribution in [0.3, 0.4) is 0 Å². The van der Waals surface area contributed by atoms with Gasteiger partial charge in [-0.15, -0.1) is 0 Å². The highest BCUT2D eigenvalue weighted by Crippen LogP contribution is 2.11. The van der Waals surface area contributed by atoms with Gasteiger partial charge in [-0.2, -0.15) is 0 Å². The quantitative estimate of drug-likeness (QED) is 0.878. The second-order valence-corrected chi connectivity index (χ2v) is 4.84. The van der Waals surface area contributed by atoms with Gasteiger partial charge in [0.25, 0.3) is 5.91 Å². The van der Waals surface area contributed by atoms with Crippen molar-refractivity contribution in [1.29, 1.82) is 0 Å². The summed E-state index contributed by atoms with van der Waals surface area (Å²) in [7, 11) is 0. The maximum atomic E-state index is 12.8. The van der Waals surface area contributed by atoms with Gasteiger partial charge in [-0.1, -0.05) is 11.6 Å². The van der Waals surface area contributed by atoms with Crippen LogP contribution >= 0.6 is 11.6 Å². The molecule has 1 atom stereocenters. The van der Waals surface area contributed by atoms with Crippen LogP contribution in [0, 0.1) is 5.82 Å². The Morgan fingerprint density at radius 2 is 1.91 bits per heavy atom. The summed E-state index contributed by atoms with van der Waals surface area (Å²) in [6.07, 6.45) is 0.349. The fourth-order valence-corrected chi connectivity index (χ4v) is 1.66. The van der Waals surface area contributed by atoms with Crippen LogP contribution in [0.5, 0.6) is 0 Å². The number of carbonyl (C=O) groups is 2. The van der Waals surface area contributed by atoms with Crippen molar-refractivity contribution in [3.8, 4) is 0 Å². The summed E-state index contributed by atoms with van der Waals surface area (Å²) >= 11 is 5.69. The Morgan fingerprint density at radius 3 is 2.50 bits per heavy atom. The van der Waals surface area contributed by atoms with E-state index in [-0.39, 0.29) is 5.56 Å². The summed E-state index contributed by atoms with van der Waals surface area (Å²) in [5.74, 6) is -1.42. The fourth-order valence-electron chi connectivity index (χ4n) is 1.55. The minimum absolute atomic E-state index is 0.158. The molecule has 22 heavy (non-hydrogen) atoms. The largest absolute Gasteiger partial charge is 0.449 e. The molecule has 7 heteroatoms. The number of esters is 1. The average molecular weight is 323 g/mol. The van der Waals surface area contributed by atoms with E-state index in [9.17, 15) is 14.0 Å². The number of amides is 1. The number of carbonyl (C=O) groups excluding carboxylic acids is 2. The molecule has 1 amide bonds. The molecule has 0 aliphatic heterocycles. The number of nitrogens with one attached hydrogen (secondary N) is 1. The first kappa shape index (κ1) is 15.9. The van der Waals surface area contributed by atoms with E-state index < -0.39 is 23.8 Å². The molecule has 0 unspecified atom stereocenters. The van der Waals surface area contributed by atoms with Crippen molar-refractivity contribution in [2.24, 2.45) is 0 Å². The molecule has 0 aliphatic rings. The molecular formula is C15H12ClFN2O3. The van der Waals surface area contributed by atoms with Gasteiger partial charge < -0.3 is 10.1 Å². The van der Waals surface area contributed by atoms with Crippen molar-refractivity contribution in [3.05, 3.63) is 59.0 Å². The van der Waals surface area contributed by atoms with Crippen LogP contribution in [0.2, 0.25) is 5.02 Å². The zero-order chi connectivity index (χ0) is 16.1. The number of rotatable bonds is 4. The smallest absolute Gasteiger partial charge is 0.338 e. The molecule has 1 heterocycles. The van der Waals surface area contributed by atoms with E-state index in [2.05, 4.69) is 10.3 Å². The summed E-state index contributed by atoms with van der Waals surface area (Å²) in [5, 5.41) is 2.93. The van der Waals surface area contributed by atoms with Crippen LogP contribution in [-0.2, 0) is 9.53 Å². The molecule has 0 spiro atoms. The van der Waals surface area contributed by atoms with Gasteiger partial charge in [-0.3, -0.25) is 4.79 Å². The van der Waals surface area contributed by atoms with Crippen LogP contribution in [-0.4, -0.2) is 23.0 Å². The molecule has 2 aromatic rings. The van der Waals surface area contributed by atoms with Crippen molar-refractivity contribution in [2.75, 3.05) is 5.32 Å². The second kappa shape index (κ2) is 7.00. The topological polar surface area (TPSA) is 68.3 Å². The van der Waals surface area contributed by atoms with E-state index in [1.54, 1.807) is 6.07 Å². The fraction of sp³-hybridized carbons (Fsp3) is 0.133. The monoisotopic (exact) mass is 322 g/mol. The molecule has 0 saturated heterocycles. The van der Waals surface area contributed by atoms with Crippen LogP contribution in [0.1, 0.15) is 17.3 Å². The highest BCUT2D eigenvalue weighted by Gasteiger charge is 2.19. The van der Waals surface area contributed by atoms with Crippen molar-refractivity contribution in [1.82, 2.24) is 4.98 Å². The van der Waals surface area contributed by atoms with Crippen LogP contribution in [0.15, 0.2) is 42.6 Å². The molecule has 2 rings (SSSR count). The zero-order valence-electron chi connectivity index (χ0n) is 11.5. The first-order valence-corrected chi connectivity index (χ1v) is 6.72. The molecule has 5 nitrogen and oxygen atoms in total. The van der Waals surface area contributed by atoms with Gasteiger partial charge in [0.2, 0.25) is 0 Å². The average Bonchev–Trinajstić information content (AvgIpc) is 2.50. The maximum absolute atomic E-state index is 12.8. The lowest BCUT2D eigenvalue weighted by Crippen LogP contribution is -2.30. The minimum atomic E-state index is -1.03. The molecule has 1 aromatic carbocycles. The molecule has 0 fully saturated rings. The van der Waals surface area contributed by atoms with Gasteiger partial charge in [0.05, 0.1) is 10.6 Å². The molecule has 0 saturated carbocycles. The molecule has 0 bridgehead atoms. The van der Waals surface area contributed by atoms with Crippen LogP contribution in [0.25, 0.3) is 0 Å². The Labute approximate surface area is 131 Å². The van der Waals surface area contributed by atoms with Gasteiger partial charge in [0.1, 0.15) is 11.6 Å². The molecular weight excluding hydrogens is 311 g/mol. The van der Waals surface area contributed by atoms with Gasteiger partial charge in [-0.25, -0.2) is 14.2 Å². The van der Waals surface area contributed by atoms with Gasteiger partial charge in [0.15, 0.2) is 6.10 Å². The van der Waals surface area contributed by atoms with Gasteiger partial charge >= 0.3 is 5.97 Å². The van der Waals surface area contributed by atoms with Gasteiger partial charge in [-0.05, 0) is 43.3 Å². The molecule has 1 N–H and O–H groups in total.